The van der Waals surface area contributed by atoms with Gasteiger partial charge in [-0.05, 0) is 74.7 Å². The van der Waals surface area contributed by atoms with Crippen LogP contribution in [0.25, 0.3) is 10.2 Å². The van der Waals surface area contributed by atoms with Crippen LogP contribution >= 0.6 is 23.6 Å². The molecule has 3 aromatic rings. The Morgan fingerprint density at radius 2 is 2.07 bits per heavy atom. The van der Waals surface area contributed by atoms with Crippen LogP contribution in [0.1, 0.15) is 30.2 Å². The summed E-state index contributed by atoms with van der Waals surface area (Å²) >= 11 is 6.98. The number of benzene rings is 1. The van der Waals surface area contributed by atoms with Crippen LogP contribution in [0.4, 0.5) is 5.69 Å². The smallest absolute Gasteiger partial charge is 0.281 e. The molecule has 0 atom stereocenters. The lowest BCUT2D eigenvalue weighted by Crippen LogP contribution is -2.35. The average molecular weight is 401 g/mol. The zero-order valence-corrected chi connectivity index (χ0v) is 16.6. The summed E-state index contributed by atoms with van der Waals surface area (Å²) in [5, 5.41) is 4.13. The summed E-state index contributed by atoms with van der Waals surface area (Å²) in [7, 11) is 0. The fourth-order valence-electron chi connectivity index (χ4n) is 3.30. The molecule has 0 radical (unpaired) electrons. The average Bonchev–Trinajstić information content (AvgIpc) is 3.05. The lowest BCUT2D eigenvalue weighted by atomic mass is 9.97. The molecule has 6 nitrogen and oxygen atoms in total. The number of hydrogen-bond donors (Lipinski definition) is 2. The van der Waals surface area contributed by atoms with Gasteiger partial charge in [-0.1, -0.05) is 0 Å². The number of fused-ring (bicyclic) bond motifs is 3. The molecule has 8 heteroatoms. The number of aromatic nitrogens is 2. The number of thiophene rings is 1. The molecule has 0 saturated carbocycles. The quantitative estimate of drug-likeness (QED) is 0.651. The third kappa shape index (κ3) is 3.68. The van der Waals surface area contributed by atoms with Crippen molar-refractivity contribution in [2.24, 2.45) is 0 Å². The van der Waals surface area contributed by atoms with Crippen molar-refractivity contribution in [3.63, 3.8) is 0 Å². The van der Waals surface area contributed by atoms with E-state index in [9.17, 15) is 4.79 Å². The van der Waals surface area contributed by atoms with Crippen molar-refractivity contribution >= 4 is 44.6 Å². The minimum absolute atomic E-state index is 0.102. The number of aryl methyl sites for hydroxylation is 2. The maximum Gasteiger partial charge on any atom is 0.281 e. The second-order valence-corrected chi connectivity index (χ2v) is 7.83. The Morgan fingerprint density at radius 3 is 2.85 bits per heavy atom. The van der Waals surface area contributed by atoms with Gasteiger partial charge in [0.05, 0.1) is 12.0 Å². The Bertz CT molecular complexity index is 1040. The van der Waals surface area contributed by atoms with Gasteiger partial charge in [0.1, 0.15) is 16.9 Å². The summed E-state index contributed by atoms with van der Waals surface area (Å²) in [5.41, 5.74) is 4.80. The lowest BCUT2D eigenvalue weighted by molar-refractivity contribution is 0.340. The lowest BCUT2D eigenvalue weighted by Gasteiger charge is -2.13. The van der Waals surface area contributed by atoms with Crippen LogP contribution in [0, 0.1) is 0 Å². The molecule has 0 aliphatic heterocycles. The molecular formula is C19H20N4O2S2. The monoisotopic (exact) mass is 400 g/mol. The zero-order valence-electron chi connectivity index (χ0n) is 14.9. The van der Waals surface area contributed by atoms with E-state index < -0.39 is 0 Å². The third-order valence-electron chi connectivity index (χ3n) is 4.52. The minimum atomic E-state index is -0.102. The first-order chi connectivity index (χ1) is 13.2. The summed E-state index contributed by atoms with van der Waals surface area (Å²) < 4.78 is 6.78. The van der Waals surface area contributed by atoms with E-state index in [0.29, 0.717) is 11.7 Å². The zero-order chi connectivity index (χ0) is 18.8. The molecule has 140 valence electrons. The molecule has 4 rings (SSSR count). The van der Waals surface area contributed by atoms with Crippen molar-refractivity contribution in [3.8, 4) is 5.75 Å². The Hall–Kier alpha value is -2.45. The highest BCUT2D eigenvalue weighted by atomic mass is 32.1. The van der Waals surface area contributed by atoms with E-state index in [-0.39, 0.29) is 5.56 Å². The molecule has 0 amide bonds. The fourth-order valence-corrected chi connectivity index (χ4v) is 4.73. The van der Waals surface area contributed by atoms with Gasteiger partial charge in [0.2, 0.25) is 0 Å². The van der Waals surface area contributed by atoms with Gasteiger partial charge in [-0.2, -0.15) is 0 Å². The maximum atomic E-state index is 12.9. The summed E-state index contributed by atoms with van der Waals surface area (Å²) in [6.07, 6.45) is 5.80. The molecule has 0 fully saturated rings. The number of nitrogens with one attached hydrogen (secondary N) is 2. The molecule has 27 heavy (non-hydrogen) atoms. The second kappa shape index (κ2) is 7.66. The van der Waals surface area contributed by atoms with Gasteiger partial charge in [-0.15, -0.1) is 11.3 Å². The van der Waals surface area contributed by atoms with Gasteiger partial charge in [-0.25, -0.2) is 9.66 Å². The second-order valence-electron chi connectivity index (χ2n) is 6.33. The van der Waals surface area contributed by atoms with Crippen LogP contribution in [0.2, 0.25) is 0 Å². The van der Waals surface area contributed by atoms with Crippen LogP contribution < -0.4 is 21.0 Å². The summed E-state index contributed by atoms with van der Waals surface area (Å²) in [6.45, 7) is 2.57. The van der Waals surface area contributed by atoms with Crippen molar-refractivity contribution in [1.29, 1.82) is 0 Å². The molecular weight excluding hydrogens is 380 g/mol. The van der Waals surface area contributed by atoms with Gasteiger partial charge in [0, 0.05) is 10.6 Å². The number of nitrogens with zero attached hydrogens (tertiary/aromatic N) is 2. The van der Waals surface area contributed by atoms with E-state index in [1.165, 1.54) is 27.9 Å². The molecule has 2 aromatic heterocycles. The predicted octanol–water partition coefficient (Wildman–Crippen LogP) is 3.68. The Balaban J connectivity index is 1.53. The van der Waals surface area contributed by atoms with E-state index in [4.69, 9.17) is 17.0 Å². The highest BCUT2D eigenvalue weighted by Gasteiger charge is 2.20. The molecule has 1 aromatic carbocycles. The molecule has 2 N–H and O–H groups in total. The van der Waals surface area contributed by atoms with Crippen LogP contribution in [-0.4, -0.2) is 21.4 Å². The van der Waals surface area contributed by atoms with E-state index in [2.05, 4.69) is 15.7 Å². The van der Waals surface area contributed by atoms with Crippen molar-refractivity contribution in [2.75, 3.05) is 17.3 Å². The molecule has 0 bridgehead atoms. The highest BCUT2D eigenvalue weighted by molar-refractivity contribution is 7.80. The molecule has 0 spiro atoms. The van der Waals surface area contributed by atoms with Gasteiger partial charge < -0.3 is 10.1 Å². The van der Waals surface area contributed by atoms with Gasteiger partial charge in [0.25, 0.3) is 5.56 Å². The van der Waals surface area contributed by atoms with E-state index >= 15 is 0 Å². The number of hydrogen-bond acceptors (Lipinski definition) is 5. The topological polar surface area (TPSA) is 68.2 Å². The fraction of sp³-hybridized carbons (Fsp3) is 0.316. The molecule has 1 aliphatic rings. The first kappa shape index (κ1) is 17.9. The Morgan fingerprint density at radius 1 is 1.30 bits per heavy atom. The van der Waals surface area contributed by atoms with Crippen molar-refractivity contribution < 1.29 is 4.74 Å². The molecule has 0 unspecified atom stereocenters. The van der Waals surface area contributed by atoms with Crippen molar-refractivity contribution in [2.45, 2.75) is 32.6 Å². The van der Waals surface area contributed by atoms with Crippen molar-refractivity contribution in [1.82, 2.24) is 9.66 Å². The van der Waals surface area contributed by atoms with Crippen molar-refractivity contribution in [3.05, 3.63) is 51.4 Å². The standard InChI is InChI=1S/C19H20N4O2S2/c1-2-25-13-9-7-12(8-10-13)21-19(26)22-23-11-20-17-16(18(23)24)14-5-3-4-6-15(14)27-17/h7-11H,2-6H2,1H3,(H2,21,22,26). The van der Waals surface area contributed by atoms with Crippen LogP contribution in [-0.2, 0) is 12.8 Å². The number of anilines is 1. The number of thiocarbonyl (C=S) groups is 1. The van der Waals surface area contributed by atoms with E-state index in [0.717, 1.165) is 40.9 Å². The minimum Gasteiger partial charge on any atom is -0.494 e. The van der Waals surface area contributed by atoms with Gasteiger partial charge in [-0.3, -0.25) is 10.2 Å². The number of ether oxygens (including phenoxy) is 1. The van der Waals surface area contributed by atoms with Crippen LogP contribution in [0.15, 0.2) is 35.4 Å². The third-order valence-corrected chi connectivity index (χ3v) is 5.91. The molecule has 0 saturated heterocycles. The maximum absolute atomic E-state index is 12.9. The van der Waals surface area contributed by atoms with Gasteiger partial charge >= 0.3 is 0 Å². The first-order valence-corrected chi connectivity index (χ1v) is 10.2. The summed E-state index contributed by atoms with van der Waals surface area (Å²) in [6, 6.07) is 7.48. The number of rotatable bonds is 4. The summed E-state index contributed by atoms with van der Waals surface area (Å²) in [5.74, 6) is 0.801. The first-order valence-electron chi connectivity index (χ1n) is 8.98. The summed E-state index contributed by atoms with van der Waals surface area (Å²) in [4.78, 5) is 19.5. The molecule has 2 heterocycles. The molecule has 1 aliphatic carbocycles. The van der Waals surface area contributed by atoms with Crippen LogP contribution in [0.3, 0.4) is 0 Å². The normalized spacial score (nSPS) is 13.2. The SMILES string of the molecule is CCOc1ccc(NC(=S)Nn2cnc3sc4c(c3c2=O)CCCC4)cc1. The van der Waals surface area contributed by atoms with Gasteiger partial charge in [0.15, 0.2) is 5.11 Å². The Kier molecular flexibility index (Phi) is 5.09. The van der Waals surface area contributed by atoms with E-state index in [1.807, 2.05) is 31.2 Å². The van der Waals surface area contributed by atoms with Crippen LogP contribution in [0.5, 0.6) is 5.75 Å². The Labute approximate surface area is 166 Å². The highest BCUT2D eigenvalue weighted by Crippen LogP contribution is 2.33. The predicted molar refractivity (Wildman–Crippen MR) is 114 cm³/mol. The largest absolute Gasteiger partial charge is 0.494 e. The van der Waals surface area contributed by atoms with E-state index in [1.54, 1.807) is 11.3 Å².